The van der Waals surface area contributed by atoms with Crippen LogP contribution in [-0.4, -0.2) is 37.6 Å². The van der Waals surface area contributed by atoms with E-state index < -0.39 is 10.0 Å². The Kier molecular flexibility index (Phi) is 4.76. The Bertz CT molecular complexity index is 314. The van der Waals surface area contributed by atoms with Crippen molar-refractivity contribution in [3.05, 3.63) is 0 Å². The Morgan fingerprint density at radius 3 is 2.56 bits per heavy atom. The highest BCUT2D eigenvalue weighted by atomic mass is 32.2. The van der Waals surface area contributed by atoms with E-state index in [1.807, 2.05) is 13.8 Å². The average Bonchev–Trinajstić information content (AvgIpc) is 2.19. The van der Waals surface area contributed by atoms with E-state index in [0.29, 0.717) is 24.9 Å². The molecule has 2 N–H and O–H groups in total. The van der Waals surface area contributed by atoms with Crippen LogP contribution in [0.5, 0.6) is 0 Å². The fraction of sp³-hybridized carbons (Fsp3) is 1.00. The number of nitrogens with zero attached hydrogens (tertiary/aromatic N) is 1. The molecule has 0 aromatic heterocycles. The van der Waals surface area contributed by atoms with Crippen molar-refractivity contribution in [2.75, 3.05) is 18.8 Å². The Labute approximate surface area is 99.2 Å². The first kappa shape index (κ1) is 13.9. The largest absolute Gasteiger partial charge is 0.326 e. The van der Waals surface area contributed by atoms with E-state index in [1.165, 1.54) is 0 Å². The Morgan fingerprint density at radius 2 is 2.06 bits per heavy atom. The van der Waals surface area contributed by atoms with Crippen LogP contribution in [-0.2, 0) is 10.0 Å². The van der Waals surface area contributed by atoms with Gasteiger partial charge < -0.3 is 5.73 Å². The zero-order valence-electron chi connectivity index (χ0n) is 10.5. The van der Waals surface area contributed by atoms with Crippen LogP contribution >= 0.6 is 0 Å². The standard InChI is InChI=1S/C11H24N2O2S/c1-9(2)5-7-16(14,15)13-6-4-10(3)11(12)8-13/h9-11H,4-8,12H2,1-3H3. The van der Waals surface area contributed by atoms with E-state index in [4.69, 9.17) is 5.73 Å². The molecule has 0 aliphatic carbocycles. The predicted octanol–water partition coefficient (Wildman–Crippen LogP) is 1.03. The highest BCUT2D eigenvalue weighted by Gasteiger charge is 2.30. The van der Waals surface area contributed by atoms with Crippen LogP contribution in [0.3, 0.4) is 0 Å². The minimum absolute atomic E-state index is 0.0115. The third kappa shape index (κ3) is 3.71. The maximum absolute atomic E-state index is 12.0. The molecule has 1 rings (SSSR count). The second kappa shape index (κ2) is 5.47. The lowest BCUT2D eigenvalue weighted by molar-refractivity contribution is 0.252. The lowest BCUT2D eigenvalue weighted by Crippen LogP contribution is -2.50. The molecule has 0 radical (unpaired) electrons. The number of piperidine rings is 1. The molecule has 1 heterocycles. The molecule has 5 heteroatoms. The summed E-state index contributed by atoms with van der Waals surface area (Å²) in [5.41, 5.74) is 5.92. The highest BCUT2D eigenvalue weighted by molar-refractivity contribution is 7.89. The number of nitrogens with two attached hydrogens (primary N) is 1. The summed E-state index contributed by atoms with van der Waals surface area (Å²) >= 11 is 0. The van der Waals surface area contributed by atoms with Gasteiger partial charge >= 0.3 is 0 Å². The van der Waals surface area contributed by atoms with Gasteiger partial charge in [0.1, 0.15) is 0 Å². The lowest BCUT2D eigenvalue weighted by Gasteiger charge is -2.34. The van der Waals surface area contributed by atoms with Crippen LogP contribution in [0.25, 0.3) is 0 Å². The topological polar surface area (TPSA) is 63.4 Å². The first-order valence-corrected chi connectivity index (χ1v) is 7.67. The van der Waals surface area contributed by atoms with Gasteiger partial charge in [-0.05, 0) is 24.7 Å². The molecular formula is C11H24N2O2S. The molecule has 16 heavy (non-hydrogen) atoms. The first-order chi connectivity index (χ1) is 7.33. The predicted molar refractivity (Wildman–Crippen MR) is 66.6 cm³/mol. The third-order valence-corrected chi connectivity index (χ3v) is 5.20. The van der Waals surface area contributed by atoms with Gasteiger partial charge in [0.2, 0.25) is 10.0 Å². The molecule has 2 atom stereocenters. The van der Waals surface area contributed by atoms with Gasteiger partial charge in [0.05, 0.1) is 5.75 Å². The van der Waals surface area contributed by atoms with E-state index in [-0.39, 0.29) is 11.8 Å². The van der Waals surface area contributed by atoms with Crippen molar-refractivity contribution in [2.24, 2.45) is 17.6 Å². The van der Waals surface area contributed by atoms with Gasteiger partial charge in [-0.2, -0.15) is 0 Å². The maximum Gasteiger partial charge on any atom is 0.214 e. The average molecular weight is 248 g/mol. The molecule has 0 saturated carbocycles. The van der Waals surface area contributed by atoms with Crippen LogP contribution in [0, 0.1) is 11.8 Å². The molecule has 4 nitrogen and oxygen atoms in total. The van der Waals surface area contributed by atoms with Gasteiger partial charge in [-0.25, -0.2) is 12.7 Å². The molecule has 0 aromatic rings. The Hall–Kier alpha value is -0.130. The minimum Gasteiger partial charge on any atom is -0.326 e. The Balaban J connectivity index is 2.56. The molecule has 1 aliphatic heterocycles. The monoisotopic (exact) mass is 248 g/mol. The van der Waals surface area contributed by atoms with Crippen molar-refractivity contribution >= 4 is 10.0 Å². The van der Waals surface area contributed by atoms with Gasteiger partial charge in [-0.15, -0.1) is 0 Å². The second-order valence-electron chi connectivity index (χ2n) is 5.29. The molecule has 2 unspecified atom stereocenters. The number of hydrogen-bond donors (Lipinski definition) is 1. The Morgan fingerprint density at radius 1 is 1.44 bits per heavy atom. The minimum atomic E-state index is -3.08. The third-order valence-electron chi connectivity index (χ3n) is 3.33. The smallest absolute Gasteiger partial charge is 0.214 e. The number of rotatable bonds is 4. The van der Waals surface area contributed by atoms with Gasteiger partial charge in [0.25, 0.3) is 0 Å². The van der Waals surface area contributed by atoms with Gasteiger partial charge in [0.15, 0.2) is 0 Å². The molecule has 1 fully saturated rings. The van der Waals surface area contributed by atoms with E-state index in [2.05, 4.69) is 6.92 Å². The van der Waals surface area contributed by atoms with Crippen LogP contribution in [0.15, 0.2) is 0 Å². The van der Waals surface area contributed by atoms with Crippen molar-refractivity contribution in [1.82, 2.24) is 4.31 Å². The summed E-state index contributed by atoms with van der Waals surface area (Å²) in [7, 11) is -3.08. The van der Waals surface area contributed by atoms with Crippen molar-refractivity contribution in [3.63, 3.8) is 0 Å². The lowest BCUT2D eigenvalue weighted by atomic mass is 9.96. The molecule has 0 spiro atoms. The van der Waals surface area contributed by atoms with Gasteiger partial charge in [-0.3, -0.25) is 0 Å². The van der Waals surface area contributed by atoms with Gasteiger partial charge in [0, 0.05) is 19.1 Å². The highest BCUT2D eigenvalue weighted by Crippen LogP contribution is 2.19. The number of hydrogen-bond acceptors (Lipinski definition) is 3. The quantitative estimate of drug-likeness (QED) is 0.808. The van der Waals surface area contributed by atoms with Crippen LogP contribution in [0.1, 0.15) is 33.6 Å². The fourth-order valence-corrected chi connectivity index (χ4v) is 3.64. The van der Waals surface area contributed by atoms with Crippen LogP contribution in [0.4, 0.5) is 0 Å². The van der Waals surface area contributed by atoms with Crippen LogP contribution < -0.4 is 5.73 Å². The van der Waals surface area contributed by atoms with E-state index in [0.717, 1.165) is 12.8 Å². The normalized spacial score (nSPS) is 28.6. The van der Waals surface area contributed by atoms with Crippen molar-refractivity contribution in [2.45, 2.75) is 39.7 Å². The molecule has 0 bridgehead atoms. The second-order valence-corrected chi connectivity index (χ2v) is 7.37. The number of sulfonamides is 1. The summed E-state index contributed by atoms with van der Waals surface area (Å²) in [6, 6.07) is -0.0115. The first-order valence-electron chi connectivity index (χ1n) is 6.06. The summed E-state index contributed by atoms with van der Waals surface area (Å²) in [5.74, 6) is 1.11. The zero-order valence-corrected chi connectivity index (χ0v) is 11.3. The molecule has 96 valence electrons. The van der Waals surface area contributed by atoms with Crippen molar-refractivity contribution in [3.8, 4) is 0 Å². The summed E-state index contributed by atoms with van der Waals surface area (Å²) in [6.45, 7) is 7.29. The SMILES string of the molecule is CC(C)CCS(=O)(=O)N1CCC(C)C(N)C1. The summed E-state index contributed by atoms with van der Waals surface area (Å²) < 4.78 is 25.6. The molecule has 0 aromatic carbocycles. The molecular weight excluding hydrogens is 224 g/mol. The zero-order chi connectivity index (χ0) is 12.3. The van der Waals surface area contributed by atoms with Gasteiger partial charge in [-0.1, -0.05) is 20.8 Å². The van der Waals surface area contributed by atoms with E-state index in [1.54, 1.807) is 4.31 Å². The summed E-state index contributed by atoms with van der Waals surface area (Å²) in [5, 5.41) is 0. The van der Waals surface area contributed by atoms with E-state index >= 15 is 0 Å². The summed E-state index contributed by atoms with van der Waals surface area (Å²) in [6.07, 6.45) is 1.60. The summed E-state index contributed by atoms with van der Waals surface area (Å²) in [4.78, 5) is 0. The molecule has 0 amide bonds. The molecule has 1 saturated heterocycles. The fourth-order valence-electron chi connectivity index (χ4n) is 1.83. The van der Waals surface area contributed by atoms with E-state index in [9.17, 15) is 8.42 Å². The maximum atomic E-state index is 12.0. The van der Waals surface area contributed by atoms with Crippen LogP contribution in [0.2, 0.25) is 0 Å². The van der Waals surface area contributed by atoms with Crippen molar-refractivity contribution in [1.29, 1.82) is 0 Å². The molecule has 1 aliphatic rings. The van der Waals surface area contributed by atoms with Crippen molar-refractivity contribution < 1.29 is 8.42 Å².